The Labute approximate surface area is 121 Å². The van der Waals surface area contributed by atoms with Gasteiger partial charge in [0.1, 0.15) is 0 Å². The molecule has 1 aliphatic heterocycles. The zero-order valence-electron chi connectivity index (χ0n) is 13.0. The van der Waals surface area contributed by atoms with E-state index in [4.69, 9.17) is 4.74 Å². The molecule has 1 fully saturated rings. The molecule has 1 heterocycles. The van der Waals surface area contributed by atoms with Gasteiger partial charge in [-0.2, -0.15) is 0 Å². The monoisotopic (exact) mass is 275 g/mol. The Morgan fingerprint density at radius 1 is 1.45 bits per heavy atom. The maximum absolute atomic E-state index is 12.8. The van der Waals surface area contributed by atoms with Crippen LogP contribution in [0.25, 0.3) is 0 Å². The van der Waals surface area contributed by atoms with E-state index in [0.717, 1.165) is 42.9 Å². The summed E-state index contributed by atoms with van der Waals surface area (Å²) in [7, 11) is 0. The van der Waals surface area contributed by atoms with Crippen LogP contribution < -0.4 is 0 Å². The smallest absolute Gasteiger partial charge is 0.179 e. The maximum Gasteiger partial charge on any atom is 0.179 e. The van der Waals surface area contributed by atoms with Crippen LogP contribution in [0.5, 0.6) is 0 Å². The highest BCUT2D eigenvalue weighted by Gasteiger charge is 2.30. The number of ketones is 1. The molecule has 3 heteroatoms. The lowest BCUT2D eigenvalue weighted by atomic mass is 9.96. The molecule has 1 aromatic rings. The molecule has 0 spiro atoms. The highest BCUT2D eigenvalue weighted by molar-refractivity contribution is 6.01. The van der Waals surface area contributed by atoms with Gasteiger partial charge < -0.3 is 4.74 Å². The third-order valence-corrected chi connectivity index (χ3v) is 4.28. The number of carbonyl (C=O) groups is 1. The lowest BCUT2D eigenvalue weighted by Crippen LogP contribution is -2.52. The molecule has 20 heavy (non-hydrogen) atoms. The number of hydrogen-bond acceptors (Lipinski definition) is 3. The summed E-state index contributed by atoms with van der Waals surface area (Å²) in [5, 5.41) is 0. The first-order valence-corrected chi connectivity index (χ1v) is 7.49. The SMILES string of the molecule is CCC1COCCN1C(C)C(=O)c1cc(C)ccc1C. The summed E-state index contributed by atoms with van der Waals surface area (Å²) < 4.78 is 5.53. The van der Waals surface area contributed by atoms with Gasteiger partial charge in [-0.3, -0.25) is 9.69 Å². The average Bonchev–Trinajstić information content (AvgIpc) is 2.48. The molecule has 2 atom stereocenters. The van der Waals surface area contributed by atoms with Crippen LogP contribution in [0.2, 0.25) is 0 Å². The van der Waals surface area contributed by atoms with Crippen molar-refractivity contribution >= 4 is 5.78 Å². The van der Waals surface area contributed by atoms with Crippen molar-refractivity contribution in [3.8, 4) is 0 Å². The first-order valence-electron chi connectivity index (χ1n) is 7.49. The molecule has 0 bridgehead atoms. The second-order valence-corrected chi connectivity index (χ2v) is 5.73. The molecule has 2 unspecified atom stereocenters. The summed E-state index contributed by atoms with van der Waals surface area (Å²) in [6.45, 7) is 10.5. The van der Waals surface area contributed by atoms with E-state index in [2.05, 4.69) is 17.9 Å². The summed E-state index contributed by atoms with van der Waals surface area (Å²) in [6, 6.07) is 6.37. The Morgan fingerprint density at radius 2 is 2.20 bits per heavy atom. The van der Waals surface area contributed by atoms with Crippen LogP contribution in [-0.2, 0) is 4.74 Å². The van der Waals surface area contributed by atoms with Crippen LogP contribution in [0.3, 0.4) is 0 Å². The molecule has 3 nitrogen and oxygen atoms in total. The predicted octanol–water partition coefficient (Wildman–Crippen LogP) is 2.99. The standard InChI is InChI=1S/C17H25NO2/c1-5-15-11-20-9-8-18(15)14(4)17(19)16-10-12(2)6-7-13(16)3/h6-7,10,14-15H,5,8-9,11H2,1-4H3. The summed E-state index contributed by atoms with van der Waals surface area (Å²) in [4.78, 5) is 15.1. The van der Waals surface area contributed by atoms with E-state index in [1.807, 2.05) is 32.9 Å². The van der Waals surface area contributed by atoms with Crippen LogP contribution in [0.1, 0.15) is 41.8 Å². The number of morpholine rings is 1. The number of rotatable bonds is 4. The first kappa shape index (κ1) is 15.2. The number of benzene rings is 1. The molecule has 0 saturated carbocycles. The van der Waals surface area contributed by atoms with Crippen molar-refractivity contribution in [1.29, 1.82) is 0 Å². The third-order valence-electron chi connectivity index (χ3n) is 4.28. The number of carbonyl (C=O) groups excluding carboxylic acids is 1. The Morgan fingerprint density at radius 3 is 2.90 bits per heavy atom. The van der Waals surface area contributed by atoms with Crippen molar-refractivity contribution < 1.29 is 9.53 Å². The third kappa shape index (κ3) is 3.10. The van der Waals surface area contributed by atoms with Gasteiger partial charge in [0.25, 0.3) is 0 Å². The van der Waals surface area contributed by atoms with E-state index in [1.54, 1.807) is 0 Å². The van der Waals surface area contributed by atoms with E-state index in [-0.39, 0.29) is 11.8 Å². The van der Waals surface area contributed by atoms with Crippen molar-refractivity contribution in [3.05, 3.63) is 34.9 Å². The van der Waals surface area contributed by atoms with E-state index >= 15 is 0 Å². The van der Waals surface area contributed by atoms with Crippen LogP contribution in [0, 0.1) is 13.8 Å². The molecule has 0 amide bonds. The Bertz CT molecular complexity index is 484. The van der Waals surface area contributed by atoms with E-state index in [9.17, 15) is 4.79 Å². The fourth-order valence-electron chi connectivity index (χ4n) is 2.91. The van der Waals surface area contributed by atoms with Crippen molar-refractivity contribution in [2.45, 2.75) is 46.2 Å². The summed E-state index contributed by atoms with van der Waals surface area (Å²) in [5.74, 6) is 0.228. The maximum atomic E-state index is 12.8. The van der Waals surface area contributed by atoms with Crippen molar-refractivity contribution in [1.82, 2.24) is 4.90 Å². The molecule has 1 saturated heterocycles. The summed E-state index contributed by atoms with van der Waals surface area (Å²) >= 11 is 0. The Balaban J connectivity index is 2.21. The highest BCUT2D eigenvalue weighted by atomic mass is 16.5. The van der Waals surface area contributed by atoms with Gasteiger partial charge in [-0.1, -0.05) is 24.6 Å². The minimum absolute atomic E-state index is 0.0793. The summed E-state index contributed by atoms with van der Waals surface area (Å²) in [6.07, 6.45) is 1.02. The molecule has 110 valence electrons. The van der Waals surface area contributed by atoms with Gasteiger partial charge in [0.15, 0.2) is 5.78 Å². The zero-order chi connectivity index (χ0) is 14.7. The molecule has 2 rings (SSSR count). The van der Waals surface area contributed by atoms with Crippen LogP contribution in [-0.4, -0.2) is 42.5 Å². The van der Waals surface area contributed by atoms with Gasteiger partial charge in [-0.25, -0.2) is 0 Å². The average molecular weight is 275 g/mol. The molecule has 0 radical (unpaired) electrons. The number of Topliss-reactive ketones (excluding diaryl/α,β-unsaturated/α-hetero) is 1. The Kier molecular flexibility index (Phi) is 4.95. The quantitative estimate of drug-likeness (QED) is 0.791. The lowest BCUT2D eigenvalue weighted by Gasteiger charge is -2.38. The summed E-state index contributed by atoms with van der Waals surface area (Å²) in [5.41, 5.74) is 3.06. The van der Waals surface area contributed by atoms with Gasteiger partial charge >= 0.3 is 0 Å². The highest BCUT2D eigenvalue weighted by Crippen LogP contribution is 2.19. The minimum atomic E-state index is -0.0793. The van der Waals surface area contributed by atoms with E-state index < -0.39 is 0 Å². The van der Waals surface area contributed by atoms with E-state index in [1.165, 1.54) is 0 Å². The van der Waals surface area contributed by atoms with Gasteiger partial charge in [-0.05, 0) is 38.8 Å². The van der Waals surface area contributed by atoms with Gasteiger partial charge in [0.2, 0.25) is 0 Å². The fourth-order valence-corrected chi connectivity index (χ4v) is 2.91. The minimum Gasteiger partial charge on any atom is -0.378 e. The molecule has 1 aromatic carbocycles. The number of aryl methyl sites for hydroxylation is 2. The van der Waals surface area contributed by atoms with Gasteiger partial charge in [0, 0.05) is 18.2 Å². The second kappa shape index (κ2) is 6.51. The molecule has 1 aliphatic rings. The van der Waals surface area contributed by atoms with Gasteiger partial charge in [-0.15, -0.1) is 0 Å². The zero-order valence-corrected chi connectivity index (χ0v) is 13.0. The van der Waals surface area contributed by atoms with Crippen molar-refractivity contribution in [3.63, 3.8) is 0 Å². The topological polar surface area (TPSA) is 29.5 Å². The normalized spacial score (nSPS) is 21.7. The van der Waals surface area contributed by atoms with Crippen LogP contribution >= 0.6 is 0 Å². The van der Waals surface area contributed by atoms with Crippen LogP contribution in [0.15, 0.2) is 18.2 Å². The first-order chi connectivity index (χ1) is 9.54. The number of nitrogens with zero attached hydrogens (tertiary/aromatic N) is 1. The molecular weight excluding hydrogens is 250 g/mol. The molecule has 0 N–H and O–H groups in total. The molecular formula is C17H25NO2. The molecule has 0 aromatic heterocycles. The van der Waals surface area contributed by atoms with Crippen molar-refractivity contribution in [2.24, 2.45) is 0 Å². The Hall–Kier alpha value is -1.19. The second-order valence-electron chi connectivity index (χ2n) is 5.73. The lowest BCUT2D eigenvalue weighted by molar-refractivity contribution is -0.0221. The molecule has 0 aliphatic carbocycles. The van der Waals surface area contributed by atoms with Crippen molar-refractivity contribution in [2.75, 3.05) is 19.8 Å². The van der Waals surface area contributed by atoms with Gasteiger partial charge in [0.05, 0.1) is 19.3 Å². The largest absolute Gasteiger partial charge is 0.378 e. The number of hydrogen-bond donors (Lipinski definition) is 0. The van der Waals surface area contributed by atoms with E-state index in [0.29, 0.717) is 6.04 Å². The number of ether oxygens (including phenoxy) is 1. The fraction of sp³-hybridized carbons (Fsp3) is 0.588. The predicted molar refractivity (Wildman–Crippen MR) is 81.3 cm³/mol. The van der Waals surface area contributed by atoms with Crippen LogP contribution in [0.4, 0.5) is 0 Å².